The van der Waals surface area contributed by atoms with E-state index in [4.69, 9.17) is 0 Å². The van der Waals surface area contributed by atoms with Crippen LogP contribution >= 0.6 is 0 Å². The van der Waals surface area contributed by atoms with Crippen molar-refractivity contribution >= 4 is 5.91 Å². The van der Waals surface area contributed by atoms with Gasteiger partial charge in [0.2, 0.25) is 5.91 Å². The molecule has 1 aliphatic carbocycles. The zero-order valence-corrected chi connectivity index (χ0v) is 13.4. The zero-order valence-electron chi connectivity index (χ0n) is 13.4. The summed E-state index contributed by atoms with van der Waals surface area (Å²) in [5.74, 6) is 0.959. The highest BCUT2D eigenvalue weighted by molar-refractivity contribution is 5.82. The Hall–Kier alpha value is -0.610. The minimum Gasteiger partial charge on any atom is -0.352 e. The van der Waals surface area contributed by atoms with E-state index in [9.17, 15) is 4.79 Å². The first-order chi connectivity index (χ1) is 10.3. The summed E-state index contributed by atoms with van der Waals surface area (Å²) in [5.41, 5.74) is 0. The number of nitrogens with one attached hydrogen (secondary N) is 2. The zero-order chi connectivity index (χ0) is 14.7. The smallest absolute Gasteiger partial charge is 0.237 e. The first-order valence-corrected chi connectivity index (χ1v) is 9.02. The van der Waals surface area contributed by atoms with E-state index in [0.29, 0.717) is 23.9 Å². The predicted molar refractivity (Wildman–Crippen MR) is 85.2 cm³/mol. The monoisotopic (exact) mass is 293 g/mol. The van der Waals surface area contributed by atoms with E-state index >= 15 is 0 Å². The van der Waals surface area contributed by atoms with Gasteiger partial charge in [0.15, 0.2) is 0 Å². The Morgan fingerprint density at radius 1 is 1.05 bits per heavy atom. The number of likely N-dealkylation sites (tertiary alicyclic amines) is 1. The highest BCUT2D eigenvalue weighted by Crippen LogP contribution is 2.27. The molecule has 2 N–H and O–H groups in total. The van der Waals surface area contributed by atoms with Crippen molar-refractivity contribution < 1.29 is 4.79 Å². The van der Waals surface area contributed by atoms with Gasteiger partial charge in [0.1, 0.15) is 0 Å². The van der Waals surface area contributed by atoms with Gasteiger partial charge in [-0.3, -0.25) is 9.69 Å². The number of piperidine rings is 1. The van der Waals surface area contributed by atoms with Crippen LogP contribution in [0.3, 0.4) is 0 Å². The van der Waals surface area contributed by atoms with Crippen LogP contribution in [0.5, 0.6) is 0 Å². The van der Waals surface area contributed by atoms with Gasteiger partial charge in [0, 0.05) is 12.1 Å². The highest BCUT2D eigenvalue weighted by atomic mass is 16.2. The fourth-order valence-corrected chi connectivity index (χ4v) is 4.46. The molecule has 1 saturated carbocycles. The Morgan fingerprint density at radius 2 is 1.81 bits per heavy atom. The van der Waals surface area contributed by atoms with Gasteiger partial charge < -0.3 is 10.6 Å². The van der Waals surface area contributed by atoms with E-state index in [-0.39, 0.29) is 6.04 Å². The van der Waals surface area contributed by atoms with Gasteiger partial charge >= 0.3 is 0 Å². The topological polar surface area (TPSA) is 44.4 Å². The molecule has 0 radical (unpaired) electrons. The average Bonchev–Trinajstić information content (AvgIpc) is 3.00. The summed E-state index contributed by atoms with van der Waals surface area (Å²) >= 11 is 0. The van der Waals surface area contributed by atoms with Crippen LogP contribution in [-0.2, 0) is 4.79 Å². The van der Waals surface area contributed by atoms with Gasteiger partial charge in [-0.05, 0) is 64.1 Å². The van der Waals surface area contributed by atoms with E-state index in [1.54, 1.807) is 0 Å². The van der Waals surface area contributed by atoms with Crippen LogP contribution in [0.2, 0.25) is 0 Å². The van der Waals surface area contributed by atoms with E-state index in [1.807, 2.05) is 0 Å². The van der Waals surface area contributed by atoms with Crippen LogP contribution in [-0.4, -0.2) is 48.6 Å². The van der Waals surface area contributed by atoms with Gasteiger partial charge in [0.25, 0.3) is 0 Å². The van der Waals surface area contributed by atoms with Crippen molar-refractivity contribution in [2.75, 3.05) is 19.6 Å². The summed E-state index contributed by atoms with van der Waals surface area (Å²) in [5, 5.41) is 6.81. The predicted octanol–water partition coefficient (Wildman–Crippen LogP) is 1.90. The fourth-order valence-electron chi connectivity index (χ4n) is 4.46. The van der Waals surface area contributed by atoms with Crippen molar-refractivity contribution in [2.24, 2.45) is 5.92 Å². The molecule has 0 bridgehead atoms. The Kier molecular flexibility index (Phi) is 5.17. The highest BCUT2D eigenvalue weighted by Gasteiger charge is 2.37. The van der Waals surface area contributed by atoms with Crippen molar-refractivity contribution in [3.8, 4) is 0 Å². The number of hydrogen-bond donors (Lipinski definition) is 2. The van der Waals surface area contributed by atoms with Crippen molar-refractivity contribution in [3.05, 3.63) is 0 Å². The molecule has 0 aromatic heterocycles. The molecular formula is C17H31N3O. The van der Waals surface area contributed by atoms with Crippen LogP contribution < -0.4 is 10.6 Å². The maximum atomic E-state index is 12.7. The van der Waals surface area contributed by atoms with Gasteiger partial charge in [-0.1, -0.05) is 19.8 Å². The number of carbonyl (C=O) groups excluding carboxylic acids is 1. The molecule has 0 spiro atoms. The van der Waals surface area contributed by atoms with Gasteiger partial charge in [0.05, 0.1) is 6.04 Å². The quantitative estimate of drug-likeness (QED) is 0.835. The largest absolute Gasteiger partial charge is 0.352 e. The molecule has 3 rings (SSSR count). The molecule has 2 aliphatic heterocycles. The Balaban J connectivity index is 1.57. The summed E-state index contributed by atoms with van der Waals surface area (Å²) in [6.45, 7) is 5.62. The van der Waals surface area contributed by atoms with Crippen LogP contribution in [0.4, 0.5) is 0 Å². The minimum atomic E-state index is 0.141. The Labute approximate surface area is 129 Å². The van der Waals surface area contributed by atoms with Crippen molar-refractivity contribution in [2.45, 2.75) is 76.4 Å². The summed E-state index contributed by atoms with van der Waals surface area (Å²) in [6, 6.07) is 1.18. The van der Waals surface area contributed by atoms with E-state index < -0.39 is 0 Å². The fraction of sp³-hybridized carbons (Fsp3) is 0.941. The molecule has 120 valence electrons. The summed E-state index contributed by atoms with van der Waals surface area (Å²) in [4.78, 5) is 15.2. The minimum absolute atomic E-state index is 0.141. The molecule has 3 aliphatic rings. The summed E-state index contributed by atoms with van der Waals surface area (Å²) in [6.07, 6.45) is 9.68. The summed E-state index contributed by atoms with van der Waals surface area (Å²) in [7, 11) is 0. The van der Waals surface area contributed by atoms with Crippen LogP contribution in [0.25, 0.3) is 0 Å². The molecule has 0 aromatic rings. The number of nitrogens with zero attached hydrogens (tertiary/aromatic N) is 1. The molecule has 2 saturated heterocycles. The van der Waals surface area contributed by atoms with Crippen molar-refractivity contribution in [3.63, 3.8) is 0 Å². The molecule has 4 nitrogen and oxygen atoms in total. The van der Waals surface area contributed by atoms with E-state index in [1.165, 1.54) is 44.9 Å². The molecule has 4 heteroatoms. The molecule has 21 heavy (non-hydrogen) atoms. The molecular weight excluding hydrogens is 262 g/mol. The Morgan fingerprint density at radius 3 is 2.57 bits per heavy atom. The maximum absolute atomic E-state index is 12.7. The number of rotatable bonds is 3. The van der Waals surface area contributed by atoms with Gasteiger partial charge in [-0.25, -0.2) is 0 Å². The van der Waals surface area contributed by atoms with Crippen molar-refractivity contribution in [1.29, 1.82) is 0 Å². The third kappa shape index (κ3) is 3.59. The average molecular weight is 293 g/mol. The second-order valence-electron chi connectivity index (χ2n) is 7.25. The molecule has 3 atom stereocenters. The van der Waals surface area contributed by atoms with Crippen LogP contribution in [0.15, 0.2) is 0 Å². The lowest BCUT2D eigenvalue weighted by atomic mass is 9.86. The van der Waals surface area contributed by atoms with Crippen LogP contribution in [0.1, 0.15) is 58.3 Å². The SMILES string of the molecule is CC1CCCCC1NC(=O)C1CCCN1C1CCNCC1. The third-order valence-electron chi connectivity index (χ3n) is 5.81. The lowest BCUT2D eigenvalue weighted by Gasteiger charge is -2.37. The molecule has 1 amide bonds. The molecule has 3 unspecified atom stereocenters. The van der Waals surface area contributed by atoms with E-state index in [0.717, 1.165) is 26.1 Å². The molecule has 3 fully saturated rings. The van der Waals surface area contributed by atoms with Gasteiger partial charge in [-0.15, -0.1) is 0 Å². The Bertz CT molecular complexity index is 354. The first-order valence-electron chi connectivity index (χ1n) is 9.02. The lowest BCUT2D eigenvalue weighted by molar-refractivity contribution is -0.127. The van der Waals surface area contributed by atoms with Crippen LogP contribution in [0, 0.1) is 5.92 Å². The van der Waals surface area contributed by atoms with Gasteiger partial charge in [-0.2, -0.15) is 0 Å². The summed E-state index contributed by atoms with van der Waals surface area (Å²) < 4.78 is 0. The van der Waals surface area contributed by atoms with E-state index in [2.05, 4.69) is 22.5 Å². The first kappa shape index (κ1) is 15.3. The standard InChI is InChI=1S/C17H31N3O/c1-13-5-2-3-6-15(13)19-17(21)16-7-4-12-20(16)14-8-10-18-11-9-14/h13-16,18H,2-12H2,1H3,(H,19,21). The number of hydrogen-bond acceptors (Lipinski definition) is 3. The number of carbonyl (C=O) groups is 1. The normalized spacial score (nSPS) is 35.8. The van der Waals surface area contributed by atoms with Crippen molar-refractivity contribution in [1.82, 2.24) is 15.5 Å². The number of amides is 1. The second-order valence-corrected chi connectivity index (χ2v) is 7.25. The maximum Gasteiger partial charge on any atom is 0.237 e. The second kappa shape index (κ2) is 7.10. The molecule has 0 aromatic carbocycles. The third-order valence-corrected chi connectivity index (χ3v) is 5.81. The lowest BCUT2D eigenvalue weighted by Crippen LogP contribution is -2.53. The molecule has 2 heterocycles.